The van der Waals surface area contributed by atoms with Crippen molar-refractivity contribution in [2.24, 2.45) is 0 Å². The van der Waals surface area contributed by atoms with Crippen molar-refractivity contribution in [2.45, 2.75) is 6.04 Å². The first-order valence-corrected chi connectivity index (χ1v) is 9.68. The summed E-state index contributed by atoms with van der Waals surface area (Å²) in [4.78, 5) is 38.1. The van der Waals surface area contributed by atoms with E-state index in [1.54, 1.807) is 54.6 Å². The van der Waals surface area contributed by atoms with Crippen molar-refractivity contribution in [1.82, 2.24) is 0 Å². The highest BCUT2D eigenvalue weighted by molar-refractivity contribution is 6.51. The summed E-state index contributed by atoms with van der Waals surface area (Å²) < 4.78 is 5.39. The number of aliphatic hydroxyl groups excluding tert-OH is 1. The monoisotopic (exact) mass is 430 g/mol. The molecule has 3 aromatic rings. The topological polar surface area (TPSA) is 110 Å². The molecule has 0 spiro atoms. The molecule has 160 valence electrons. The second kappa shape index (κ2) is 8.35. The van der Waals surface area contributed by atoms with Crippen molar-refractivity contribution in [1.29, 1.82) is 0 Å². The van der Waals surface area contributed by atoms with Gasteiger partial charge in [0.2, 0.25) is 0 Å². The molecule has 0 saturated carbocycles. The average Bonchev–Trinajstić information content (AvgIpc) is 3.09. The van der Waals surface area contributed by atoms with Gasteiger partial charge >= 0.3 is 0 Å². The highest BCUT2D eigenvalue weighted by atomic mass is 16.6. The summed E-state index contributed by atoms with van der Waals surface area (Å²) in [6, 6.07) is 19.9. The maximum absolute atomic E-state index is 13.1. The van der Waals surface area contributed by atoms with Crippen LogP contribution in [0.5, 0.6) is 5.75 Å². The number of amides is 1. The van der Waals surface area contributed by atoms with Crippen LogP contribution in [-0.2, 0) is 9.59 Å². The zero-order chi connectivity index (χ0) is 22.8. The number of nitro groups is 1. The molecule has 1 saturated heterocycles. The lowest BCUT2D eigenvalue weighted by Gasteiger charge is -2.26. The van der Waals surface area contributed by atoms with Crippen LogP contribution in [0, 0.1) is 10.1 Å². The fourth-order valence-corrected chi connectivity index (χ4v) is 3.78. The van der Waals surface area contributed by atoms with Crippen molar-refractivity contribution >= 4 is 28.8 Å². The number of ketones is 1. The third-order valence-electron chi connectivity index (χ3n) is 5.23. The predicted molar refractivity (Wildman–Crippen MR) is 117 cm³/mol. The minimum absolute atomic E-state index is 0.0677. The predicted octanol–water partition coefficient (Wildman–Crippen LogP) is 4.23. The standard InChI is InChI=1S/C24H18N2O6/c1-32-19-13-6-5-12-18(19)25-21(15-8-3-2-4-9-15)20(23(28)24(25)29)22(27)16-10-7-11-17(14-16)26(30)31/h2-14,21,27H,1H3/b22-20-. The lowest BCUT2D eigenvalue weighted by Crippen LogP contribution is -2.29. The number of ether oxygens (including phenoxy) is 1. The summed E-state index contributed by atoms with van der Waals surface area (Å²) in [7, 11) is 1.45. The molecule has 0 aromatic heterocycles. The molecule has 1 aliphatic heterocycles. The highest BCUT2D eigenvalue weighted by Crippen LogP contribution is 2.44. The number of benzene rings is 3. The van der Waals surface area contributed by atoms with Gasteiger partial charge in [-0.3, -0.25) is 24.6 Å². The van der Waals surface area contributed by atoms with Crippen LogP contribution < -0.4 is 9.64 Å². The first-order valence-electron chi connectivity index (χ1n) is 9.68. The minimum Gasteiger partial charge on any atom is -0.507 e. The summed E-state index contributed by atoms with van der Waals surface area (Å²) in [5.74, 6) is -1.84. The number of nitrogens with zero attached hydrogens (tertiary/aromatic N) is 2. The summed E-state index contributed by atoms with van der Waals surface area (Å²) in [6.45, 7) is 0. The van der Waals surface area contributed by atoms with Gasteiger partial charge < -0.3 is 9.84 Å². The minimum atomic E-state index is -0.952. The number of carbonyl (C=O) groups excluding carboxylic acids is 2. The van der Waals surface area contributed by atoms with Gasteiger partial charge in [-0.1, -0.05) is 54.6 Å². The van der Waals surface area contributed by atoms with Gasteiger partial charge in [-0.15, -0.1) is 0 Å². The van der Waals surface area contributed by atoms with E-state index in [4.69, 9.17) is 4.74 Å². The van der Waals surface area contributed by atoms with Crippen molar-refractivity contribution in [3.8, 4) is 5.75 Å². The third-order valence-corrected chi connectivity index (χ3v) is 5.23. The maximum Gasteiger partial charge on any atom is 0.300 e. The van der Waals surface area contributed by atoms with Crippen LogP contribution in [0.2, 0.25) is 0 Å². The summed E-state index contributed by atoms with van der Waals surface area (Å²) in [5.41, 5.74) is 0.615. The number of hydrogen-bond donors (Lipinski definition) is 1. The normalized spacial score (nSPS) is 17.4. The molecule has 8 heteroatoms. The molecule has 3 aromatic carbocycles. The molecule has 1 aliphatic rings. The first kappa shape index (κ1) is 20.8. The third kappa shape index (κ3) is 3.47. The van der Waals surface area contributed by atoms with E-state index in [2.05, 4.69) is 0 Å². The molecule has 1 amide bonds. The molecule has 1 fully saturated rings. The Kier molecular flexibility index (Phi) is 5.43. The van der Waals surface area contributed by atoms with Gasteiger partial charge in [-0.05, 0) is 17.7 Å². The van der Waals surface area contributed by atoms with Crippen LogP contribution in [-0.4, -0.2) is 28.8 Å². The van der Waals surface area contributed by atoms with Gasteiger partial charge in [0.05, 0.1) is 29.3 Å². The average molecular weight is 430 g/mol. The van der Waals surface area contributed by atoms with Gasteiger partial charge in [-0.25, -0.2) is 0 Å². The van der Waals surface area contributed by atoms with Crippen molar-refractivity contribution in [3.05, 3.63) is 106 Å². The molecule has 1 N–H and O–H groups in total. The van der Waals surface area contributed by atoms with Crippen LogP contribution in [0.1, 0.15) is 17.2 Å². The fraction of sp³-hybridized carbons (Fsp3) is 0.0833. The number of aliphatic hydroxyl groups is 1. The number of Topliss-reactive ketones (excluding diaryl/α,β-unsaturated/α-hetero) is 1. The fourth-order valence-electron chi connectivity index (χ4n) is 3.78. The second-order valence-electron chi connectivity index (χ2n) is 7.06. The molecule has 0 aliphatic carbocycles. The Morgan fingerprint density at radius 2 is 1.69 bits per heavy atom. The number of nitro benzene ring substituents is 1. The Hall–Kier alpha value is -4.46. The lowest BCUT2D eigenvalue weighted by atomic mass is 9.95. The number of anilines is 1. The van der Waals surface area contributed by atoms with E-state index in [0.717, 1.165) is 6.07 Å². The van der Waals surface area contributed by atoms with Gasteiger partial charge in [0.25, 0.3) is 17.4 Å². The van der Waals surface area contributed by atoms with E-state index in [-0.39, 0.29) is 16.8 Å². The molecule has 8 nitrogen and oxygen atoms in total. The molecule has 1 unspecified atom stereocenters. The molecule has 32 heavy (non-hydrogen) atoms. The Balaban J connectivity index is 1.97. The van der Waals surface area contributed by atoms with E-state index in [0.29, 0.717) is 17.0 Å². The molecular formula is C24H18N2O6. The maximum atomic E-state index is 13.1. The van der Waals surface area contributed by atoms with Crippen LogP contribution in [0.4, 0.5) is 11.4 Å². The quantitative estimate of drug-likeness (QED) is 0.213. The SMILES string of the molecule is COc1ccccc1N1C(=O)C(=O)/C(=C(\O)c2cccc([N+](=O)[O-])c2)C1c1ccccc1. The number of hydrogen-bond acceptors (Lipinski definition) is 6. The molecular weight excluding hydrogens is 412 g/mol. The van der Waals surface area contributed by atoms with Crippen LogP contribution in [0.15, 0.2) is 84.4 Å². The zero-order valence-corrected chi connectivity index (χ0v) is 17.0. The van der Waals surface area contributed by atoms with Gasteiger partial charge in [0.1, 0.15) is 11.5 Å². The number of para-hydroxylation sites is 2. The molecule has 1 heterocycles. The van der Waals surface area contributed by atoms with Gasteiger partial charge in [0.15, 0.2) is 0 Å². The molecule has 4 rings (SSSR count). The first-order chi connectivity index (χ1) is 15.4. The van der Waals surface area contributed by atoms with Crippen molar-refractivity contribution < 1.29 is 24.4 Å². The molecule has 0 radical (unpaired) electrons. The Labute approximate surface area is 183 Å². The van der Waals surface area contributed by atoms with E-state index >= 15 is 0 Å². The van der Waals surface area contributed by atoms with Crippen LogP contribution >= 0.6 is 0 Å². The van der Waals surface area contributed by atoms with Crippen LogP contribution in [0.25, 0.3) is 5.76 Å². The number of carbonyl (C=O) groups is 2. The van der Waals surface area contributed by atoms with E-state index < -0.39 is 28.4 Å². The van der Waals surface area contributed by atoms with E-state index in [1.165, 1.54) is 30.2 Å². The second-order valence-corrected chi connectivity index (χ2v) is 7.06. The number of rotatable bonds is 5. The molecule has 0 bridgehead atoms. The van der Waals surface area contributed by atoms with Gasteiger partial charge in [0, 0.05) is 17.7 Å². The smallest absolute Gasteiger partial charge is 0.300 e. The summed E-state index contributed by atoms with van der Waals surface area (Å²) in [6.07, 6.45) is 0. The van der Waals surface area contributed by atoms with E-state index in [1.807, 2.05) is 0 Å². The highest BCUT2D eigenvalue weighted by Gasteiger charge is 2.47. The Morgan fingerprint density at radius 3 is 2.38 bits per heavy atom. The molecule has 1 atom stereocenters. The van der Waals surface area contributed by atoms with Crippen LogP contribution in [0.3, 0.4) is 0 Å². The number of methoxy groups -OCH3 is 1. The summed E-state index contributed by atoms with van der Waals surface area (Å²) in [5, 5.41) is 22.2. The Morgan fingerprint density at radius 1 is 1.00 bits per heavy atom. The zero-order valence-electron chi connectivity index (χ0n) is 17.0. The van der Waals surface area contributed by atoms with Crippen molar-refractivity contribution in [3.63, 3.8) is 0 Å². The summed E-state index contributed by atoms with van der Waals surface area (Å²) >= 11 is 0. The van der Waals surface area contributed by atoms with Gasteiger partial charge in [-0.2, -0.15) is 0 Å². The van der Waals surface area contributed by atoms with Crippen molar-refractivity contribution in [2.75, 3.05) is 12.0 Å². The number of non-ortho nitro benzene ring substituents is 1. The largest absolute Gasteiger partial charge is 0.507 e. The Bertz CT molecular complexity index is 1250. The lowest BCUT2D eigenvalue weighted by molar-refractivity contribution is -0.384. The van der Waals surface area contributed by atoms with E-state index in [9.17, 15) is 24.8 Å².